The van der Waals surface area contributed by atoms with Gasteiger partial charge in [-0.15, -0.1) is 0 Å². The molecular weight excluding hydrogens is 226 g/mol. The Morgan fingerprint density at radius 3 is 2.67 bits per heavy atom. The molecule has 1 saturated heterocycles. The molecule has 2 fully saturated rings. The number of hydrogen-bond acceptors (Lipinski definition) is 3. The molecule has 1 aliphatic carbocycles. The molecule has 2 aliphatic rings. The van der Waals surface area contributed by atoms with Crippen molar-refractivity contribution < 1.29 is 4.79 Å². The highest BCUT2D eigenvalue weighted by atomic mass is 16.2. The van der Waals surface area contributed by atoms with E-state index in [4.69, 9.17) is 0 Å². The number of nitrogens with zero attached hydrogens (tertiary/aromatic N) is 1. The molecule has 0 radical (unpaired) electrons. The smallest absolute Gasteiger partial charge is 0.237 e. The maximum atomic E-state index is 12.2. The van der Waals surface area contributed by atoms with Crippen LogP contribution in [0.15, 0.2) is 0 Å². The summed E-state index contributed by atoms with van der Waals surface area (Å²) in [6.45, 7) is 4.00. The molecule has 4 nitrogen and oxygen atoms in total. The Labute approximate surface area is 110 Å². The first-order chi connectivity index (χ1) is 8.53. The van der Waals surface area contributed by atoms with E-state index in [1.807, 2.05) is 0 Å². The van der Waals surface area contributed by atoms with E-state index in [1.165, 1.54) is 25.7 Å². The Bertz CT molecular complexity index is 299. The zero-order valence-corrected chi connectivity index (χ0v) is 12.0. The Kier molecular flexibility index (Phi) is 4.28. The van der Waals surface area contributed by atoms with Crippen molar-refractivity contribution in [2.45, 2.75) is 50.6 Å². The molecule has 2 rings (SSSR count). The van der Waals surface area contributed by atoms with Gasteiger partial charge >= 0.3 is 0 Å². The van der Waals surface area contributed by atoms with Crippen molar-refractivity contribution in [3.8, 4) is 0 Å². The van der Waals surface area contributed by atoms with Crippen LogP contribution in [0.4, 0.5) is 0 Å². The van der Waals surface area contributed by atoms with Crippen LogP contribution in [-0.4, -0.2) is 49.6 Å². The number of nitrogens with one attached hydrogen (secondary N) is 2. The van der Waals surface area contributed by atoms with Crippen molar-refractivity contribution in [3.63, 3.8) is 0 Å². The average Bonchev–Trinajstić information content (AvgIpc) is 2.26. The quantitative estimate of drug-likeness (QED) is 0.785. The van der Waals surface area contributed by atoms with Crippen molar-refractivity contribution in [3.05, 3.63) is 0 Å². The van der Waals surface area contributed by atoms with Gasteiger partial charge in [-0.25, -0.2) is 0 Å². The fourth-order valence-corrected chi connectivity index (χ4v) is 3.05. The highest BCUT2D eigenvalue weighted by Crippen LogP contribution is 2.35. The zero-order chi connectivity index (χ0) is 13.2. The summed E-state index contributed by atoms with van der Waals surface area (Å²) >= 11 is 0. The van der Waals surface area contributed by atoms with Gasteiger partial charge in [0.05, 0.1) is 6.04 Å². The van der Waals surface area contributed by atoms with Gasteiger partial charge in [-0.3, -0.25) is 4.79 Å². The molecule has 0 bridgehead atoms. The molecule has 0 aromatic heterocycles. The number of piperidine rings is 1. The largest absolute Gasteiger partial charge is 0.353 e. The number of likely N-dealkylation sites (N-methyl/N-ethyl adjacent to an activating group) is 1. The Morgan fingerprint density at radius 2 is 2.17 bits per heavy atom. The van der Waals surface area contributed by atoms with Crippen LogP contribution in [0.1, 0.15) is 39.0 Å². The van der Waals surface area contributed by atoms with Crippen molar-refractivity contribution in [1.82, 2.24) is 15.5 Å². The molecule has 2 unspecified atom stereocenters. The monoisotopic (exact) mass is 253 g/mol. The molecule has 4 heteroatoms. The first-order valence-corrected chi connectivity index (χ1v) is 7.22. The number of amides is 1. The lowest BCUT2D eigenvalue weighted by Gasteiger charge is -2.47. The number of hydrogen-bond donors (Lipinski definition) is 2. The molecular formula is C14H27N3O. The lowest BCUT2D eigenvalue weighted by atomic mass is 9.75. The highest BCUT2D eigenvalue weighted by Gasteiger charge is 2.39. The minimum absolute atomic E-state index is 0.0213. The van der Waals surface area contributed by atoms with Crippen LogP contribution in [0.3, 0.4) is 0 Å². The molecule has 0 aromatic carbocycles. The van der Waals surface area contributed by atoms with Gasteiger partial charge in [-0.2, -0.15) is 0 Å². The van der Waals surface area contributed by atoms with E-state index in [9.17, 15) is 4.79 Å². The van der Waals surface area contributed by atoms with E-state index in [2.05, 4.69) is 36.6 Å². The van der Waals surface area contributed by atoms with Gasteiger partial charge in [-0.05, 0) is 58.7 Å². The molecule has 2 atom stereocenters. The topological polar surface area (TPSA) is 44.4 Å². The molecule has 1 heterocycles. The predicted molar refractivity (Wildman–Crippen MR) is 73.5 cm³/mol. The molecule has 0 spiro atoms. The van der Waals surface area contributed by atoms with Crippen LogP contribution < -0.4 is 10.6 Å². The lowest BCUT2D eigenvalue weighted by molar-refractivity contribution is -0.125. The fourth-order valence-electron chi connectivity index (χ4n) is 3.05. The van der Waals surface area contributed by atoms with Crippen molar-refractivity contribution >= 4 is 5.91 Å². The number of carbonyl (C=O) groups excluding carboxylic acids is 1. The van der Waals surface area contributed by atoms with E-state index in [-0.39, 0.29) is 17.5 Å². The normalized spacial score (nSPS) is 30.9. The van der Waals surface area contributed by atoms with Crippen LogP contribution in [0.5, 0.6) is 0 Å². The molecule has 1 amide bonds. The fraction of sp³-hybridized carbons (Fsp3) is 0.929. The standard InChI is InChI=1S/C14H27N3O/c1-11-5-8-15-12(9-11)13(18)16-10-14(17(2)3)6-4-7-14/h11-12,15H,4-10H2,1-3H3,(H,16,18). The molecule has 104 valence electrons. The van der Waals surface area contributed by atoms with E-state index >= 15 is 0 Å². The average molecular weight is 253 g/mol. The van der Waals surface area contributed by atoms with Crippen LogP contribution in [0.25, 0.3) is 0 Å². The van der Waals surface area contributed by atoms with Gasteiger partial charge < -0.3 is 15.5 Å². The molecule has 18 heavy (non-hydrogen) atoms. The summed E-state index contributed by atoms with van der Waals surface area (Å²) in [5.41, 5.74) is 0.218. The van der Waals surface area contributed by atoms with Crippen LogP contribution in [-0.2, 0) is 4.79 Å². The molecule has 2 N–H and O–H groups in total. The molecule has 1 aliphatic heterocycles. The number of rotatable bonds is 4. The summed E-state index contributed by atoms with van der Waals surface area (Å²) < 4.78 is 0. The van der Waals surface area contributed by atoms with E-state index in [0.717, 1.165) is 19.5 Å². The van der Waals surface area contributed by atoms with Gasteiger partial charge in [0, 0.05) is 12.1 Å². The first kappa shape index (κ1) is 13.8. The minimum Gasteiger partial charge on any atom is -0.353 e. The van der Waals surface area contributed by atoms with Crippen LogP contribution >= 0.6 is 0 Å². The van der Waals surface area contributed by atoms with Gasteiger partial charge in [0.1, 0.15) is 0 Å². The second-order valence-electron chi connectivity index (χ2n) is 6.33. The molecule has 1 saturated carbocycles. The van der Waals surface area contributed by atoms with Gasteiger partial charge in [-0.1, -0.05) is 6.92 Å². The summed E-state index contributed by atoms with van der Waals surface area (Å²) in [7, 11) is 4.23. The lowest BCUT2D eigenvalue weighted by Crippen LogP contribution is -2.59. The van der Waals surface area contributed by atoms with Crippen molar-refractivity contribution in [2.24, 2.45) is 5.92 Å². The Hall–Kier alpha value is -0.610. The Morgan fingerprint density at radius 1 is 1.44 bits per heavy atom. The maximum Gasteiger partial charge on any atom is 0.237 e. The second kappa shape index (κ2) is 5.57. The van der Waals surface area contributed by atoms with Gasteiger partial charge in [0.15, 0.2) is 0 Å². The van der Waals surface area contributed by atoms with E-state index in [0.29, 0.717) is 5.92 Å². The minimum atomic E-state index is 0.0213. The number of carbonyl (C=O) groups is 1. The summed E-state index contributed by atoms with van der Waals surface area (Å²) in [5, 5.41) is 6.48. The van der Waals surface area contributed by atoms with Gasteiger partial charge in [0.25, 0.3) is 0 Å². The van der Waals surface area contributed by atoms with Gasteiger partial charge in [0.2, 0.25) is 5.91 Å². The van der Waals surface area contributed by atoms with Crippen LogP contribution in [0, 0.1) is 5.92 Å². The summed E-state index contributed by atoms with van der Waals surface area (Å²) in [6.07, 6.45) is 5.85. The summed E-state index contributed by atoms with van der Waals surface area (Å²) in [5.74, 6) is 0.850. The maximum absolute atomic E-state index is 12.2. The second-order valence-corrected chi connectivity index (χ2v) is 6.33. The highest BCUT2D eigenvalue weighted by molar-refractivity contribution is 5.81. The van der Waals surface area contributed by atoms with Crippen molar-refractivity contribution in [2.75, 3.05) is 27.2 Å². The Balaban J connectivity index is 1.80. The van der Waals surface area contributed by atoms with Crippen molar-refractivity contribution in [1.29, 1.82) is 0 Å². The van der Waals surface area contributed by atoms with Crippen LogP contribution in [0.2, 0.25) is 0 Å². The molecule has 0 aromatic rings. The third kappa shape index (κ3) is 2.86. The predicted octanol–water partition coefficient (Wildman–Crippen LogP) is 0.975. The van der Waals surface area contributed by atoms with E-state index < -0.39 is 0 Å². The van der Waals surface area contributed by atoms with E-state index in [1.54, 1.807) is 0 Å². The summed E-state index contributed by atoms with van der Waals surface area (Å²) in [4.78, 5) is 14.4. The third-order valence-electron chi connectivity index (χ3n) is 4.81. The SMILES string of the molecule is CC1CCNC(C(=O)NCC2(N(C)C)CCC2)C1. The first-order valence-electron chi connectivity index (χ1n) is 7.22. The third-order valence-corrected chi connectivity index (χ3v) is 4.81. The zero-order valence-electron chi connectivity index (χ0n) is 12.0. The summed E-state index contributed by atoms with van der Waals surface area (Å²) in [6, 6.07) is 0.0213.